The molecule has 0 unspecified atom stereocenters. The minimum atomic E-state index is -0.488. The summed E-state index contributed by atoms with van der Waals surface area (Å²) in [4.78, 5) is 15.4. The van der Waals surface area contributed by atoms with Crippen LogP contribution in [0.1, 0.15) is 32.0 Å². The van der Waals surface area contributed by atoms with E-state index in [4.69, 9.17) is 4.74 Å². The molecule has 0 saturated carbocycles. The van der Waals surface area contributed by atoms with Crippen LogP contribution in [0.5, 0.6) is 0 Å². The minimum absolute atomic E-state index is 0.253. The van der Waals surface area contributed by atoms with Crippen LogP contribution in [0, 0.1) is 18.8 Å². The summed E-state index contributed by atoms with van der Waals surface area (Å²) in [5.41, 5.74) is 1.29. The first-order chi connectivity index (χ1) is 8.37. The molecule has 0 saturated heterocycles. The van der Waals surface area contributed by atoms with Gasteiger partial charge in [0.1, 0.15) is 5.60 Å². The number of amides is 1. The summed E-state index contributed by atoms with van der Waals surface area (Å²) in [6.07, 6.45) is 1.24. The summed E-state index contributed by atoms with van der Waals surface area (Å²) >= 11 is 0. The number of nitrogens with zero attached hydrogens (tertiary/aromatic N) is 1. The topological polar surface area (TPSA) is 51.2 Å². The molecule has 0 aliphatic carbocycles. The molecule has 18 heavy (non-hydrogen) atoms. The fourth-order valence-electron chi connectivity index (χ4n) is 1.12. The van der Waals surface area contributed by atoms with Crippen LogP contribution in [-0.2, 0) is 4.74 Å². The van der Waals surface area contributed by atoms with Gasteiger partial charge in [0.15, 0.2) is 0 Å². The van der Waals surface area contributed by atoms with Crippen molar-refractivity contribution in [1.82, 2.24) is 10.3 Å². The number of aromatic nitrogens is 1. The van der Waals surface area contributed by atoms with E-state index in [1.54, 1.807) is 6.20 Å². The van der Waals surface area contributed by atoms with Crippen LogP contribution in [0.15, 0.2) is 18.3 Å². The third kappa shape index (κ3) is 5.90. The van der Waals surface area contributed by atoms with Crippen molar-refractivity contribution in [3.8, 4) is 11.8 Å². The Bertz CT molecular complexity index is 461. The summed E-state index contributed by atoms with van der Waals surface area (Å²) in [6, 6.07) is 3.79. The highest BCUT2D eigenvalue weighted by molar-refractivity contribution is 5.68. The van der Waals surface area contributed by atoms with Crippen molar-refractivity contribution in [2.45, 2.75) is 33.3 Å². The van der Waals surface area contributed by atoms with Crippen molar-refractivity contribution >= 4 is 6.09 Å². The molecule has 1 amide bonds. The Hall–Kier alpha value is -2.02. The summed E-state index contributed by atoms with van der Waals surface area (Å²) in [5.74, 6) is 5.74. The van der Waals surface area contributed by atoms with Crippen LogP contribution >= 0.6 is 0 Å². The highest BCUT2D eigenvalue weighted by atomic mass is 16.6. The minimum Gasteiger partial charge on any atom is -0.444 e. The van der Waals surface area contributed by atoms with Crippen molar-refractivity contribution in [3.05, 3.63) is 29.6 Å². The van der Waals surface area contributed by atoms with E-state index >= 15 is 0 Å². The molecule has 0 radical (unpaired) electrons. The molecule has 0 bridgehead atoms. The molecule has 0 fully saturated rings. The molecule has 0 atom stereocenters. The van der Waals surface area contributed by atoms with E-state index in [0.717, 1.165) is 11.3 Å². The SMILES string of the molecule is Cc1ccc(C#CCNC(=O)OC(C)(C)C)cn1. The van der Waals surface area contributed by atoms with Crippen molar-refractivity contribution in [1.29, 1.82) is 0 Å². The Morgan fingerprint density at radius 2 is 2.17 bits per heavy atom. The van der Waals surface area contributed by atoms with E-state index in [-0.39, 0.29) is 6.54 Å². The number of pyridine rings is 1. The molecule has 0 aromatic carbocycles. The van der Waals surface area contributed by atoms with Crippen molar-refractivity contribution in [2.75, 3.05) is 6.54 Å². The number of alkyl carbamates (subject to hydrolysis) is 1. The fraction of sp³-hybridized carbons (Fsp3) is 0.429. The van der Waals surface area contributed by atoms with Crippen LogP contribution < -0.4 is 5.32 Å². The molecule has 96 valence electrons. The van der Waals surface area contributed by atoms with Gasteiger partial charge in [0, 0.05) is 17.5 Å². The third-order valence-corrected chi connectivity index (χ3v) is 1.86. The molecular formula is C14H18N2O2. The first-order valence-electron chi connectivity index (χ1n) is 5.75. The summed E-state index contributed by atoms with van der Waals surface area (Å²) in [7, 11) is 0. The van der Waals surface area contributed by atoms with Crippen molar-refractivity contribution < 1.29 is 9.53 Å². The zero-order chi connectivity index (χ0) is 13.6. The molecule has 0 spiro atoms. The normalized spacial score (nSPS) is 10.2. The number of aryl methyl sites for hydroxylation is 1. The second kappa shape index (κ2) is 6.06. The Balaban J connectivity index is 2.38. The molecule has 1 aromatic rings. The van der Waals surface area contributed by atoms with Gasteiger partial charge in [-0.3, -0.25) is 4.98 Å². The van der Waals surface area contributed by atoms with Gasteiger partial charge in [-0.25, -0.2) is 4.79 Å². The van der Waals surface area contributed by atoms with E-state index in [0.29, 0.717) is 0 Å². The summed E-state index contributed by atoms with van der Waals surface area (Å²) in [6.45, 7) is 7.62. The highest BCUT2D eigenvalue weighted by Gasteiger charge is 2.14. The van der Waals surface area contributed by atoms with Gasteiger partial charge in [-0.1, -0.05) is 11.8 Å². The number of ether oxygens (including phenoxy) is 1. The highest BCUT2D eigenvalue weighted by Crippen LogP contribution is 2.05. The summed E-state index contributed by atoms with van der Waals surface area (Å²) < 4.78 is 5.08. The summed E-state index contributed by atoms with van der Waals surface area (Å²) in [5, 5.41) is 2.57. The maximum absolute atomic E-state index is 11.3. The van der Waals surface area contributed by atoms with Crippen LogP contribution in [0.4, 0.5) is 4.79 Å². The van der Waals surface area contributed by atoms with Gasteiger partial charge in [0.05, 0.1) is 6.54 Å². The molecule has 1 aromatic heterocycles. The molecule has 1 rings (SSSR count). The molecule has 1 N–H and O–H groups in total. The average Bonchev–Trinajstić information content (AvgIpc) is 2.24. The number of hydrogen-bond acceptors (Lipinski definition) is 3. The average molecular weight is 246 g/mol. The van der Waals surface area contributed by atoms with Crippen LogP contribution in [0.3, 0.4) is 0 Å². The lowest BCUT2D eigenvalue weighted by atomic mass is 10.2. The van der Waals surface area contributed by atoms with Gasteiger partial charge in [-0.2, -0.15) is 0 Å². The van der Waals surface area contributed by atoms with E-state index in [9.17, 15) is 4.79 Å². The molecule has 4 nitrogen and oxygen atoms in total. The Morgan fingerprint density at radius 1 is 1.44 bits per heavy atom. The second-order valence-electron chi connectivity index (χ2n) is 4.85. The maximum atomic E-state index is 11.3. The monoisotopic (exact) mass is 246 g/mol. The van der Waals surface area contributed by atoms with Gasteiger partial charge in [0.25, 0.3) is 0 Å². The van der Waals surface area contributed by atoms with Crippen LogP contribution in [0.25, 0.3) is 0 Å². The number of carbonyl (C=O) groups excluding carboxylic acids is 1. The lowest BCUT2D eigenvalue weighted by Crippen LogP contribution is -2.32. The standard InChI is InChI=1S/C14H18N2O2/c1-11-7-8-12(10-16-11)6-5-9-15-13(17)18-14(2,3)4/h7-8,10H,9H2,1-4H3,(H,15,17). The Kier molecular flexibility index (Phi) is 4.73. The largest absolute Gasteiger partial charge is 0.444 e. The first-order valence-corrected chi connectivity index (χ1v) is 5.75. The van der Waals surface area contributed by atoms with Gasteiger partial charge < -0.3 is 10.1 Å². The predicted molar refractivity (Wildman–Crippen MR) is 70.1 cm³/mol. The lowest BCUT2D eigenvalue weighted by Gasteiger charge is -2.18. The predicted octanol–water partition coefficient (Wildman–Crippen LogP) is 2.27. The molecule has 1 heterocycles. The van der Waals surface area contributed by atoms with E-state index in [2.05, 4.69) is 22.1 Å². The lowest BCUT2D eigenvalue weighted by molar-refractivity contribution is 0.0535. The fourth-order valence-corrected chi connectivity index (χ4v) is 1.12. The van der Waals surface area contributed by atoms with Gasteiger partial charge in [-0.15, -0.1) is 0 Å². The van der Waals surface area contributed by atoms with Crippen molar-refractivity contribution in [2.24, 2.45) is 0 Å². The zero-order valence-electron chi connectivity index (χ0n) is 11.2. The Morgan fingerprint density at radius 3 is 2.72 bits per heavy atom. The van der Waals surface area contributed by atoms with E-state index < -0.39 is 11.7 Å². The van der Waals surface area contributed by atoms with Gasteiger partial charge >= 0.3 is 6.09 Å². The van der Waals surface area contributed by atoms with E-state index in [1.165, 1.54) is 0 Å². The van der Waals surface area contributed by atoms with E-state index in [1.807, 2.05) is 39.8 Å². The van der Waals surface area contributed by atoms with Crippen molar-refractivity contribution in [3.63, 3.8) is 0 Å². The number of nitrogens with one attached hydrogen (secondary N) is 1. The maximum Gasteiger partial charge on any atom is 0.408 e. The molecular weight excluding hydrogens is 228 g/mol. The molecule has 0 aliphatic heterocycles. The molecule has 4 heteroatoms. The van der Waals surface area contributed by atoms with Gasteiger partial charge in [-0.05, 0) is 39.8 Å². The first kappa shape index (κ1) is 14.0. The van der Waals surface area contributed by atoms with Gasteiger partial charge in [0.2, 0.25) is 0 Å². The smallest absolute Gasteiger partial charge is 0.408 e. The third-order valence-electron chi connectivity index (χ3n) is 1.86. The second-order valence-corrected chi connectivity index (χ2v) is 4.85. The van der Waals surface area contributed by atoms with Crippen LogP contribution in [0.2, 0.25) is 0 Å². The van der Waals surface area contributed by atoms with Crippen LogP contribution in [-0.4, -0.2) is 23.2 Å². The quantitative estimate of drug-likeness (QED) is 0.773. The number of rotatable bonds is 1. The number of hydrogen-bond donors (Lipinski definition) is 1. The zero-order valence-corrected chi connectivity index (χ0v) is 11.2. The number of carbonyl (C=O) groups is 1. The molecule has 0 aliphatic rings. The Labute approximate surface area is 108 Å².